The molecule has 2 bridgehead atoms. The molecule has 0 radical (unpaired) electrons. The van der Waals surface area contributed by atoms with Gasteiger partial charge in [-0.2, -0.15) is 0 Å². The van der Waals surface area contributed by atoms with Crippen LogP contribution in [0.5, 0.6) is 0 Å². The summed E-state index contributed by atoms with van der Waals surface area (Å²) in [6.45, 7) is 2.10. The van der Waals surface area contributed by atoms with Gasteiger partial charge in [-0.25, -0.2) is 0 Å². The highest BCUT2D eigenvalue weighted by Gasteiger charge is 2.52. The van der Waals surface area contributed by atoms with Crippen LogP contribution in [0.1, 0.15) is 25.7 Å². The molecule has 2 saturated carbocycles. The van der Waals surface area contributed by atoms with Crippen molar-refractivity contribution in [2.75, 3.05) is 13.2 Å². The summed E-state index contributed by atoms with van der Waals surface area (Å²) < 4.78 is 10.8. The smallest absolute Gasteiger partial charge is 0.0840 e. The van der Waals surface area contributed by atoms with E-state index in [0.717, 1.165) is 36.9 Å². The van der Waals surface area contributed by atoms with E-state index in [2.05, 4.69) is 0 Å². The Morgan fingerprint density at radius 1 is 0.929 bits per heavy atom. The molecule has 2 heterocycles. The fourth-order valence-electron chi connectivity index (χ4n) is 4.10. The number of fused-ring (bicyclic) bond motifs is 2. The second kappa shape index (κ2) is 2.73. The van der Waals surface area contributed by atoms with Crippen molar-refractivity contribution in [3.63, 3.8) is 0 Å². The Morgan fingerprint density at radius 2 is 1.71 bits per heavy atom. The van der Waals surface area contributed by atoms with Crippen molar-refractivity contribution in [2.45, 2.75) is 37.9 Å². The number of hydrogen-bond acceptors (Lipinski definition) is 2. The molecule has 4 rings (SSSR count). The van der Waals surface area contributed by atoms with Crippen LogP contribution >= 0.6 is 0 Å². The van der Waals surface area contributed by atoms with Crippen LogP contribution in [0.4, 0.5) is 0 Å². The van der Waals surface area contributed by atoms with Crippen molar-refractivity contribution in [1.82, 2.24) is 0 Å². The number of rotatable bonds is 3. The van der Waals surface area contributed by atoms with Gasteiger partial charge in [0.2, 0.25) is 0 Å². The molecular weight excluding hydrogens is 176 g/mol. The van der Waals surface area contributed by atoms with Gasteiger partial charge < -0.3 is 9.47 Å². The van der Waals surface area contributed by atoms with E-state index in [1.54, 1.807) is 0 Å². The van der Waals surface area contributed by atoms with Gasteiger partial charge in [-0.05, 0) is 49.4 Å². The van der Waals surface area contributed by atoms with E-state index in [9.17, 15) is 0 Å². The lowest BCUT2D eigenvalue weighted by molar-refractivity contribution is 0.175. The molecule has 2 aliphatic heterocycles. The first kappa shape index (κ1) is 8.12. The van der Waals surface area contributed by atoms with Gasteiger partial charge >= 0.3 is 0 Å². The molecule has 2 saturated heterocycles. The molecule has 4 fully saturated rings. The van der Waals surface area contributed by atoms with Crippen LogP contribution in [0.25, 0.3) is 0 Å². The summed E-state index contributed by atoms with van der Waals surface area (Å²) in [5.74, 6) is 3.95. The first-order chi connectivity index (χ1) is 6.90. The molecule has 78 valence electrons. The largest absolute Gasteiger partial charge is 0.373 e. The van der Waals surface area contributed by atoms with Crippen LogP contribution in [-0.4, -0.2) is 25.4 Å². The molecule has 2 nitrogen and oxygen atoms in total. The zero-order valence-corrected chi connectivity index (χ0v) is 8.52. The molecule has 0 aromatic rings. The number of hydrogen-bond donors (Lipinski definition) is 0. The van der Waals surface area contributed by atoms with Gasteiger partial charge in [0.1, 0.15) is 0 Å². The van der Waals surface area contributed by atoms with Crippen LogP contribution < -0.4 is 0 Å². The minimum Gasteiger partial charge on any atom is -0.373 e. The van der Waals surface area contributed by atoms with E-state index in [1.807, 2.05) is 0 Å². The fraction of sp³-hybridized carbons (Fsp3) is 1.00. The van der Waals surface area contributed by atoms with Gasteiger partial charge in [0, 0.05) is 0 Å². The lowest BCUT2D eigenvalue weighted by Gasteiger charge is -2.28. The van der Waals surface area contributed by atoms with Crippen molar-refractivity contribution < 1.29 is 9.47 Å². The topological polar surface area (TPSA) is 25.1 Å². The van der Waals surface area contributed by atoms with E-state index in [0.29, 0.717) is 12.2 Å². The van der Waals surface area contributed by atoms with E-state index in [4.69, 9.17) is 9.47 Å². The molecule has 2 aliphatic carbocycles. The van der Waals surface area contributed by atoms with Crippen molar-refractivity contribution in [3.05, 3.63) is 0 Å². The summed E-state index contributed by atoms with van der Waals surface area (Å²) in [6, 6.07) is 0. The summed E-state index contributed by atoms with van der Waals surface area (Å²) in [5.41, 5.74) is 0. The Bertz CT molecular complexity index is 243. The van der Waals surface area contributed by atoms with Gasteiger partial charge in [0.25, 0.3) is 0 Å². The summed E-state index contributed by atoms with van der Waals surface area (Å²) in [7, 11) is 0. The van der Waals surface area contributed by atoms with E-state index in [-0.39, 0.29) is 0 Å². The average Bonchev–Trinajstić information content (AvgIpc) is 3.08. The predicted molar refractivity (Wildman–Crippen MR) is 51.9 cm³/mol. The van der Waals surface area contributed by atoms with Crippen LogP contribution in [-0.2, 0) is 9.47 Å². The predicted octanol–water partition coefficient (Wildman–Crippen LogP) is 1.84. The maximum Gasteiger partial charge on any atom is 0.0840 e. The van der Waals surface area contributed by atoms with Crippen LogP contribution in [0.2, 0.25) is 0 Å². The van der Waals surface area contributed by atoms with Crippen molar-refractivity contribution in [3.8, 4) is 0 Å². The summed E-state index contributed by atoms with van der Waals surface area (Å²) in [4.78, 5) is 0. The first-order valence-electron chi connectivity index (χ1n) is 6.13. The summed E-state index contributed by atoms with van der Waals surface area (Å²) in [6.07, 6.45) is 7.12. The lowest BCUT2D eigenvalue weighted by Crippen LogP contribution is -2.25. The minimum absolute atomic E-state index is 0.639. The third kappa shape index (κ3) is 1.24. The highest BCUT2D eigenvalue weighted by atomic mass is 16.6. The second-order valence-electron chi connectivity index (χ2n) is 5.72. The molecule has 6 atom stereocenters. The zero-order chi connectivity index (χ0) is 9.12. The zero-order valence-electron chi connectivity index (χ0n) is 8.52. The molecule has 2 heteroatoms. The van der Waals surface area contributed by atoms with E-state index >= 15 is 0 Å². The molecule has 0 aromatic carbocycles. The highest BCUT2D eigenvalue weighted by molar-refractivity contribution is 5.01. The normalized spacial score (nSPS) is 59.1. The molecule has 0 aromatic heterocycles. The van der Waals surface area contributed by atoms with Crippen LogP contribution in [0.3, 0.4) is 0 Å². The SMILES string of the molecule is C1OC1CC1CC2CC1C(C1CO1)C2. The van der Waals surface area contributed by atoms with Gasteiger partial charge in [0.05, 0.1) is 25.4 Å². The fourth-order valence-corrected chi connectivity index (χ4v) is 4.10. The standard InChI is InChI=1S/C12H18O2/c1-7-2-10(8(1)4-9-5-13-9)11(3-7)12-6-14-12/h7-12H,1-6H2. The van der Waals surface area contributed by atoms with Crippen molar-refractivity contribution in [1.29, 1.82) is 0 Å². The summed E-state index contributed by atoms with van der Waals surface area (Å²) >= 11 is 0. The Hall–Kier alpha value is -0.0800. The van der Waals surface area contributed by atoms with Crippen molar-refractivity contribution in [2.24, 2.45) is 23.7 Å². The third-order valence-electron chi connectivity index (χ3n) is 4.81. The maximum absolute atomic E-state index is 5.48. The van der Waals surface area contributed by atoms with Gasteiger partial charge in [0.15, 0.2) is 0 Å². The molecular formula is C12H18O2. The van der Waals surface area contributed by atoms with E-state index in [1.165, 1.54) is 25.7 Å². The van der Waals surface area contributed by atoms with E-state index < -0.39 is 0 Å². The Labute approximate surface area is 85.0 Å². The van der Waals surface area contributed by atoms with Gasteiger partial charge in [-0.3, -0.25) is 0 Å². The Morgan fingerprint density at radius 3 is 2.36 bits per heavy atom. The third-order valence-corrected chi connectivity index (χ3v) is 4.81. The Kier molecular flexibility index (Phi) is 1.58. The average molecular weight is 194 g/mol. The molecule has 4 aliphatic rings. The van der Waals surface area contributed by atoms with Crippen LogP contribution in [0, 0.1) is 23.7 Å². The van der Waals surface area contributed by atoms with Crippen molar-refractivity contribution >= 4 is 0 Å². The molecule has 0 N–H and O–H groups in total. The van der Waals surface area contributed by atoms with Gasteiger partial charge in [-0.1, -0.05) is 0 Å². The maximum atomic E-state index is 5.48. The second-order valence-corrected chi connectivity index (χ2v) is 5.72. The first-order valence-corrected chi connectivity index (χ1v) is 6.13. The van der Waals surface area contributed by atoms with Crippen LogP contribution in [0.15, 0.2) is 0 Å². The molecule has 0 spiro atoms. The monoisotopic (exact) mass is 194 g/mol. The number of epoxide rings is 2. The molecule has 6 unspecified atom stereocenters. The van der Waals surface area contributed by atoms with Gasteiger partial charge in [-0.15, -0.1) is 0 Å². The molecule has 14 heavy (non-hydrogen) atoms. The molecule has 0 amide bonds. The number of ether oxygens (including phenoxy) is 2. The highest BCUT2D eigenvalue weighted by Crippen LogP contribution is 2.56. The lowest BCUT2D eigenvalue weighted by atomic mass is 9.77. The Balaban J connectivity index is 1.47. The minimum atomic E-state index is 0.639. The quantitative estimate of drug-likeness (QED) is 0.640. The summed E-state index contributed by atoms with van der Waals surface area (Å²) in [5, 5.41) is 0.